The van der Waals surface area contributed by atoms with E-state index in [9.17, 15) is 0 Å². The largest absolute Gasteiger partial charge is 0.311 e. The summed E-state index contributed by atoms with van der Waals surface area (Å²) in [6.45, 7) is 8.35. The Kier molecular flexibility index (Phi) is 5.86. The van der Waals surface area contributed by atoms with Crippen LogP contribution in [-0.4, -0.2) is 11.9 Å². The molecule has 1 unspecified atom stereocenters. The van der Waals surface area contributed by atoms with Gasteiger partial charge in [0.15, 0.2) is 0 Å². The quantitative estimate of drug-likeness (QED) is 0.746. The first-order valence-electron chi connectivity index (χ1n) is 5.99. The first-order valence-corrected chi connectivity index (χ1v) is 6.42. The van der Waals surface area contributed by atoms with Crippen molar-refractivity contribution in [3.63, 3.8) is 0 Å². The maximum atomic E-state index is 6.22. The number of nitrogens with one attached hydrogen (secondary N) is 1. The molecule has 0 spiro atoms. The monoisotopic (exact) mass is 239 g/mol. The molecule has 0 aliphatic rings. The minimum Gasteiger partial charge on any atom is -0.311 e. The number of benzene rings is 1. The van der Waals surface area contributed by atoms with Crippen molar-refractivity contribution in [2.24, 2.45) is 5.92 Å². The molecule has 0 heterocycles. The zero-order valence-electron chi connectivity index (χ0n) is 10.5. The molecule has 1 atom stereocenters. The SMILES string of the molecule is Cc1ccccc1CNCC(Cl)CC(C)C. The summed E-state index contributed by atoms with van der Waals surface area (Å²) in [6, 6.07) is 8.45. The molecule has 0 aromatic heterocycles. The predicted molar refractivity (Wildman–Crippen MR) is 72.0 cm³/mol. The van der Waals surface area contributed by atoms with Crippen LogP contribution in [0.25, 0.3) is 0 Å². The van der Waals surface area contributed by atoms with Gasteiger partial charge in [-0.15, -0.1) is 11.6 Å². The maximum Gasteiger partial charge on any atom is 0.0463 e. The van der Waals surface area contributed by atoms with E-state index in [1.54, 1.807) is 0 Å². The fourth-order valence-corrected chi connectivity index (χ4v) is 2.23. The van der Waals surface area contributed by atoms with Gasteiger partial charge in [-0.1, -0.05) is 38.1 Å². The Hall–Kier alpha value is -0.530. The average molecular weight is 240 g/mol. The summed E-state index contributed by atoms with van der Waals surface area (Å²) >= 11 is 6.22. The lowest BCUT2D eigenvalue weighted by molar-refractivity contribution is 0.533. The third-order valence-electron chi connectivity index (χ3n) is 2.67. The molecule has 1 N–H and O–H groups in total. The predicted octanol–water partition coefficient (Wildman–Crippen LogP) is 3.74. The summed E-state index contributed by atoms with van der Waals surface area (Å²) in [6.07, 6.45) is 1.07. The van der Waals surface area contributed by atoms with Crippen molar-refractivity contribution in [2.45, 2.75) is 39.1 Å². The van der Waals surface area contributed by atoms with Crippen LogP contribution in [0, 0.1) is 12.8 Å². The lowest BCUT2D eigenvalue weighted by Crippen LogP contribution is -2.24. The summed E-state index contributed by atoms with van der Waals surface area (Å²) in [5, 5.41) is 3.66. The van der Waals surface area contributed by atoms with Gasteiger partial charge in [-0.2, -0.15) is 0 Å². The average Bonchev–Trinajstić information content (AvgIpc) is 2.19. The summed E-state index contributed by atoms with van der Waals surface area (Å²) in [7, 11) is 0. The van der Waals surface area contributed by atoms with E-state index < -0.39 is 0 Å². The maximum absolute atomic E-state index is 6.22. The van der Waals surface area contributed by atoms with Crippen LogP contribution in [0.15, 0.2) is 24.3 Å². The molecular formula is C14H22ClN. The van der Waals surface area contributed by atoms with E-state index in [4.69, 9.17) is 11.6 Å². The fraction of sp³-hybridized carbons (Fsp3) is 0.571. The van der Waals surface area contributed by atoms with Crippen LogP contribution in [0.5, 0.6) is 0 Å². The summed E-state index contributed by atoms with van der Waals surface area (Å²) < 4.78 is 0. The van der Waals surface area contributed by atoms with E-state index in [2.05, 4.69) is 50.4 Å². The molecule has 0 amide bonds. The normalized spacial score (nSPS) is 13.1. The number of hydrogen-bond donors (Lipinski definition) is 1. The summed E-state index contributed by atoms with van der Waals surface area (Å²) in [5.41, 5.74) is 2.70. The van der Waals surface area contributed by atoms with Crippen LogP contribution < -0.4 is 5.32 Å². The number of rotatable bonds is 6. The van der Waals surface area contributed by atoms with E-state index in [0.29, 0.717) is 5.92 Å². The Bertz CT molecular complexity index is 309. The van der Waals surface area contributed by atoms with Crippen LogP contribution in [0.1, 0.15) is 31.4 Å². The Morgan fingerprint density at radius 2 is 1.94 bits per heavy atom. The molecule has 90 valence electrons. The minimum absolute atomic E-state index is 0.240. The van der Waals surface area contributed by atoms with Gasteiger partial charge in [0.05, 0.1) is 0 Å². The number of alkyl halides is 1. The van der Waals surface area contributed by atoms with Gasteiger partial charge < -0.3 is 5.32 Å². The van der Waals surface area contributed by atoms with Crippen molar-refractivity contribution >= 4 is 11.6 Å². The fourth-order valence-electron chi connectivity index (χ4n) is 1.77. The molecule has 0 aliphatic carbocycles. The Labute approximate surface area is 104 Å². The van der Waals surface area contributed by atoms with Crippen molar-refractivity contribution < 1.29 is 0 Å². The van der Waals surface area contributed by atoms with Crippen LogP contribution in [0.3, 0.4) is 0 Å². The standard InChI is InChI=1S/C14H22ClN/c1-11(2)8-14(15)10-16-9-13-7-5-4-6-12(13)3/h4-7,11,14,16H,8-10H2,1-3H3. The van der Waals surface area contributed by atoms with Gasteiger partial charge >= 0.3 is 0 Å². The molecule has 16 heavy (non-hydrogen) atoms. The van der Waals surface area contributed by atoms with Gasteiger partial charge in [0, 0.05) is 18.5 Å². The highest BCUT2D eigenvalue weighted by atomic mass is 35.5. The Morgan fingerprint density at radius 3 is 2.56 bits per heavy atom. The molecule has 0 aliphatic heterocycles. The van der Waals surface area contributed by atoms with Crippen LogP contribution in [0.2, 0.25) is 0 Å². The molecule has 0 saturated carbocycles. The molecule has 0 bridgehead atoms. The van der Waals surface area contributed by atoms with E-state index in [0.717, 1.165) is 19.5 Å². The first-order chi connectivity index (χ1) is 7.59. The van der Waals surface area contributed by atoms with Crippen molar-refractivity contribution in [3.8, 4) is 0 Å². The smallest absolute Gasteiger partial charge is 0.0463 e. The molecule has 1 aromatic rings. The molecule has 0 radical (unpaired) electrons. The lowest BCUT2D eigenvalue weighted by Gasteiger charge is -2.13. The second kappa shape index (κ2) is 6.93. The van der Waals surface area contributed by atoms with Gasteiger partial charge in [-0.25, -0.2) is 0 Å². The molecule has 1 rings (SSSR count). The van der Waals surface area contributed by atoms with Crippen LogP contribution in [-0.2, 0) is 6.54 Å². The Balaban J connectivity index is 2.28. The number of hydrogen-bond acceptors (Lipinski definition) is 1. The van der Waals surface area contributed by atoms with Crippen molar-refractivity contribution in [2.75, 3.05) is 6.54 Å². The highest BCUT2D eigenvalue weighted by Crippen LogP contribution is 2.10. The minimum atomic E-state index is 0.240. The lowest BCUT2D eigenvalue weighted by atomic mass is 10.1. The van der Waals surface area contributed by atoms with Gasteiger partial charge in [-0.05, 0) is 30.4 Å². The third kappa shape index (κ3) is 5.00. The van der Waals surface area contributed by atoms with Crippen molar-refractivity contribution in [1.82, 2.24) is 5.32 Å². The van der Waals surface area contributed by atoms with Crippen LogP contribution >= 0.6 is 11.6 Å². The van der Waals surface area contributed by atoms with E-state index in [1.807, 2.05) is 0 Å². The second-order valence-electron chi connectivity index (χ2n) is 4.78. The highest BCUT2D eigenvalue weighted by Gasteiger charge is 2.06. The number of halogens is 1. The van der Waals surface area contributed by atoms with Crippen molar-refractivity contribution in [1.29, 1.82) is 0 Å². The first kappa shape index (κ1) is 13.5. The molecule has 2 heteroatoms. The van der Waals surface area contributed by atoms with Gasteiger partial charge in [0.25, 0.3) is 0 Å². The van der Waals surface area contributed by atoms with Gasteiger partial charge in [0.1, 0.15) is 0 Å². The van der Waals surface area contributed by atoms with Gasteiger partial charge in [0.2, 0.25) is 0 Å². The van der Waals surface area contributed by atoms with E-state index in [-0.39, 0.29) is 5.38 Å². The molecular weight excluding hydrogens is 218 g/mol. The van der Waals surface area contributed by atoms with Crippen LogP contribution in [0.4, 0.5) is 0 Å². The summed E-state index contributed by atoms with van der Waals surface area (Å²) in [5.74, 6) is 0.669. The van der Waals surface area contributed by atoms with E-state index >= 15 is 0 Å². The summed E-state index contributed by atoms with van der Waals surface area (Å²) in [4.78, 5) is 0. The molecule has 1 aromatic carbocycles. The zero-order valence-corrected chi connectivity index (χ0v) is 11.2. The topological polar surface area (TPSA) is 12.0 Å². The zero-order chi connectivity index (χ0) is 12.0. The molecule has 0 saturated heterocycles. The van der Waals surface area contributed by atoms with Crippen molar-refractivity contribution in [3.05, 3.63) is 35.4 Å². The Morgan fingerprint density at radius 1 is 1.25 bits per heavy atom. The number of aryl methyl sites for hydroxylation is 1. The highest BCUT2D eigenvalue weighted by molar-refractivity contribution is 6.20. The third-order valence-corrected chi connectivity index (χ3v) is 3.00. The second-order valence-corrected chi connectivity index (χ2v) is 5.40. The van der Waals surface area contributed by atoms with Gasteiger partial charge in [-0.3, -0.25) is 0 Å². The molecule has 0 fully saturated rings. The molecule has 1 nitrogen and oxygen atoms in total. The van der Waals surface area contributed by atoms with E-state index in [1.165, 1.54) is 11.1 Å².